The van der Waals surface area contributed by atoms with Crippen molar-refractivity contribution in [2.45, 2.75) is 25.8 Å². The normalized spacial score (nSPS) is 18.6. The maximum atomic E-state index is 12.6. The number of likely N-dealkylation sites (N-methyl/N-ethyl adjacent to an activating group) is 1. The van der Waals surface area contributed by atoms with Gasteiger partial charge in [-0.1, -0.05) is 15.9 Å². The SMILES string of the molecule is CCN(CC1CCCN1)C(=O)c1cc(Br)ccc1I. The number of carbonyl (C=O) groups is 1. The quantitative estimate of drug-likeness (QED) is 0.734. The third-order valence-electron chi connectivity index (χ3n) is 3.43. The van der Waals surface area contributed by atoms with E-state index < -0.39 is 0 Å². The molecule has 1 aliphatic rings. The van der Waals surface area contributed by atoms with Crippen LogP contribution in [0.2, 0.25) is 0 Å². The number of amides is 1. The molecule has 0 spiro atoms. The Morgan fingerprint density at radius 2 is 2.37 bits per heavy atom. The molecule has 1 aromatic rings. The van der Waals surface area contributed by atoms with Crippen LogP contribution in [0.5, 0.6) is 0 Å². The zero-order valence-corrected chi connectivity index (χ0v) is 14.7. The fourth-order valence-electron chi connectivity index (χ4n) is 2.37. The van der Waals surface area contributed by atoms with Crippen molar-refractivity contribution in [3.8, 4) is 0 Å². The molecule has 1 saturated heterocycles. The minimum atomic E-state index is 0.127. The molecule has 1 aliphatic heterocycles. The molecule has 19 heavy (non-hydrogen) atoms. The van der Waals surface area contributed by atoms with Crippen molar-refractivity contribution in [3.05, 3.63) is 31.8 Å². The molecule has 0 radical (unpaired) electrons. The monoisotopic (exact) mass is 436 g/mol. The van der Waals surface area contributed by atoms with Gasteiger partial charge in [0.05, 0.1) is 5.56 Å². The van der Waals surface area contributed by atoms with Crippen molar-refractivity contribution in [1.29, 1.82) is 0 Å². The molecule has 1 aromatic carbocycles. The van der Waals surface area contributed by atoms with Crippen molar-refractivity contribution in [2.24, 2.45) is 0 Å². The van der Waals surface area contributed by atoms with Crippen LogP contribution < -0.4 is 5.32 Å². The first-order valence-corrected chi connectivity index (χ1v) is 8.46. The number of rotatable bonds is 4. The molecule has 2 rings (SSSR count). The summed E-state index contributed by atoms with van der Waals surface area (Å²) in [5, 5.41) is 3.45. The lowest BCUT2D eigenvalue weighted by Crippen LogP contribution is -2.41. The fraction of sp³-hybridized carbons (Fsp3) is 0.500. The van der Waals surface area contributed by atoms with Crippen LogP contribution in [0.25, 0.3) is 0 Å². The average Bonchev–Trinajstić information content (AvgIpc) is 2.91. The lowest BCUT2D eigenvalue weighted by Gasteiger charge is -2.25. The molecule has 0 saturated carbocycles. The van der Waals surface area contributed by atoms with E-state index in [0.717, 1.165) is 33.2 Å². The Kier molecular flexibility index (Phi) is 5.65. The van der Waals surface area contributed by atoms with Gasteiger partial charge in [0, 0.05) is 27.2 Å². The van der Waals surface area contributed by atoms with E-state index in [1.54, 1.807) is 0 Å². The lowest BCUT2D eigenvalue weighted by molar-refractivity contribution is 0.0750. The summed E-state index contributed by atoms with van der Waals surface area (Å²) in [4.78, 5) is 14.5. The summed E-state index contributed by atoms with van der Waals surface area (Å²) in [6, 6.07) is 6.30. The molecule has 1 fully saturated rings. The van der Waals surface area contributed by atoms with Crippen LogP contribution in [0.1, 0.15) is 30.1 Å². The third-order valence-corrected chi connectivity index (χ3v) is 4.86. The number of benzene rings is 1. The highest BCUT2D eigenvalue weighted by Crippen LogP contribution is 2.20. The van der Waals surface area contributed by atoms with Crippen molar-refractivity contribution in [2.75, 3.05) is 19.6 Å². The van der Waals surface area contributed by atoms with E-state index in [2.05, 4.69) is 43.8 Å². The van der Waals surface area contributed by atoms with E-state index in [4.69, 9.17) is 0 Å². The van der Waals surface area contributed by atoms with Crippen LogP contribution >= 0.6 is 38.5 Å². The van der Waals surface area contributed by atoms with E-state index in [1.807, 2.05) is 30.0 Å². The zero-order valence-electron chi connectivity index (χ0n) is 11.0. The third kappa shape index (κ3) is 3.92. The summed E-state index contributed by atoms with van der Waals surface area (Å²) in [5.41, 5.74) is 0.787. The Hall–Kier alpha value is -0.140. The number of hydrogen-bond donors (Lipinski definition) is 1. The molecular weight excluding hydrogens is 419 g/mol. The zero-order chi connectivity index (χ0) is 13.8. The van der Waals surface area contributed by atoms with Crippen LogP contribution in [0.3, 0.4) is 0 Å². The van der Waals surface area contributed by atoms with Crippen molar-refractivity contribution < 1.29 is 4.79 Å². The first kappa shape index (κ1) is 15.3. The van der Waals surface area contributed by atoms with Gasteiger partial charge < -0.3 is 10.2 Å². The highest BCUT2D eigenvalue weighted by Gasteiger charge is 2.22. The van der Waals surface area contributed by atoms with E-state index >= 15 is 0 Å². The molecule has 1 amide bonds. The molecule has 3 nitrogen and oxygen atoms in total. The molecule has 1 heterocycles. The number of nitrogens with one attached hydrogen (secondary N) is 1. The van der Waals surface area contributed by atoms with E-state index in [1.165, 1.54) is 12.8 Å². The Morgan fingerprint density at radius 1 is 1.58 bits per heavy atom. The van der Waals surface area contributed by atoms with Crippen LogP contribution in [0.4, 0.5) is 0 Å². The Balaban J connectivity index is 2.12. The Morgan fingerprint density at radius 3 is 3.00 bits per heavy atom. The first-order valence-electron chi connectivity index (χ1n) is 6.59. The summed E-state index contributed by atoms with van der Waals surface area (Å²) in [6.45, 7) is 4.67. The van der Waals surface area contributed by atoms with E-state index in [9.17, 15) is 4.79 Å². The molecule has 1 N–H and O–H groups in total. The van der Waals surface area contributed by atoms with E-state index in [0.29, 0.717) is 6.04 Å². The van der Waals surface area contributed by atoms with E-state index in [-0.39, 0.29) is 5.91 Å². The van der Waals surface area contributed by atoms with Crippen molar-refractivity contribution in [3.63, 3.8) is 0 Å². The molecule has 1 atom stereocenters. The molecule has 0 bridgehead atoms. The summed E-state index contributed by atoms with van der Waals surface area (Å²) in [7, 11) is 0. The predicted octanol–water partition coefficient (Wildman–Crippen LogP) is 3.27. The van der Waals surface area contributed by atoms with Gasteiger partial charge >= 0.3 is 0 Å². The second-order valence-corrected chi connectivity index (χ2v) is 6.84. The summed E-state index contributed by atoms with van der Waals surface area (Å²) < 4.78 is 1.95. The predicted molar refractivity (Wildman–Crippen MR) is 89.5 cm³/mol. The maximum Gasteiger partial charge on any atom is 0.255 e. The first-order chi connectivity index (χ1) is 9.11. The van der Waals surface area contributed by atoms with Crippen molar-refractivity contribution in [1.82, 2.24) is 10.2 Å². The maximum absolute atomic E-state index is 12.6. The highest BCUT2D eigenvalue weighted by molar-refractivity contribution is 14.1. The minimum absolute atomic E-state index is 0.127. The van der Waals surface area contributed by atoms with Gasteiger partial charge in [0.1, 0.15) is 0 Å². The standard InChI is InChI=1S/C14H18BrIN2O/c1-2-18(9-11-4-3-7-17-11)14(19)12-8-10(15)5-6-13(12)16/h5-6,8,11,17H,2-4,7,9H2,1H3. The molecule has 5 heteroatoms. The number of halogens is 2. The average molecular weight is 437 g/mol. The molecule has 0 aliphatic carbocycles. The summed E-state index contributed by atoms with van der Waals surface area (Å²) in [5.74, 6) is 0.127. The van der Waals surface area contributed by atoms with Gasteiger partial charge in [-0.05, 0) is 67.1 Å². The number of carbonyl (C=O) groups excluding carboxylic acids is 1. The second kappa shape index (κ2) is 7.04. The molecular formula is C14H18BrIN2O. The van der Waals surface area contributed by atoms with Gasteiger partial charge in [-0.25, -0.2) is 0 Å². The molecule has 1 unspecified atom stereocenters. The van der Waals surface area contributed by atoms with Gasteiger partial charge in [0.15, 0.2) is 0 Å². The van der Waals surface area contributed by atoms with Gasteiger partial charge in [0.25, 0.3) is 5.91 Å². The fourth-order valence-corrected chi connectivity index (χ4v) is 3.29. The largest absolute Gasteiger partial charge is 0.337 e. The van der Waals surface area contributed by atoms with Gasteiger partial charge in [-0.2, -0.15) is 0 Å². The Labute approximate surface area is 136 Å². The number of nitrogens with zero attached hydrogens (tertiary/aromatic N) is 1. The lowest BCUT2D eigenvalue weighted by atomic mass is 10.1. The Bertz CT molecular complexity index is 461. The van der Waals surface area contributed by atoms with Crippen molar-refractivity contribution >= 4 is 44.4 Å². The van der Waals surface area contributed by atoms with Gasteiger partial charge in [0.2, 0.25) is 0 Å². The molecule has 0 aromatic heterocycles. The van der Waals surface area contributed by atoms with Gasteiger partial charge in [-0.3, -0.25) is 4.79 Å². The highest BCUT2D eigenvalue weighted by atomic mass is 127. The van der Waals surface area contributed by atoms with Crippen LogP contribution in [0, 0.1) is 3.57 Å². The minimum Gasteiger partial charge on any atom is -0.337 e. The topological polar surface area (TPSA) is 32.3 Å². The summed E-state index contributed by atoms with van der Waals surface area (Å²) in [6.07, 6.45) is 2.38. The molecule has 104 valence electrons. The smallest absolute Gasteiger partial charge is 0.255 e. The van der Waals surface area contributed by atoms with Crippen LogP contribution in [-0.2, 0) is 0 Å². The summed E-state index contributed by atoms with van der Waals surface area (Å²) >= 11 is 5.66. The van der Waals surface area contributed by atoms with Crippen LogP contribution in [0.15, 0.2) is 22.7 Å². The number of hydrogen-bond acceptors (Lipinski definition) is 2. The second-order valence-electron chi connectivity index (χ2n) is 4.76. The van der Waals surface area contributed by atoms with Gasteiger partial charge in [-0.15, -0.1) is 0 Å². The van der Waals surface area contributed by atoms with Crippen LogP contribution in [-0.4, -0.2) is 36.5 Å².